The third-order valence-corrected chi connectivity index (χ3v) is 2.16. The van der Waals surface area contributed by atoms with Crippen LogP contribution in [0.1, 0.15) is 12.1 Å². The van der Waals surface area contributed by atoms with Crippen molar-refractivity contribution in [3.8, 4) is 5.75 Å². The van der Waals surface area contributed by atoms with Crippen LogP contribution in [0.2, 0.25) is 0 Å². The summed E-state index contributed by atoms with van der Waals surface area (Å²) in [5, 5.41) is 10.5. The standard InChI is InChI=1S/C7H5BrF2N2O3/c1-15-4-2-3(12(13)14)6(8)11-5(4)7(9)10/h2,7H,1H3. The minimum atomic E-state index is -2.85. The lowest BCUT2D eigenvalue weighted by Gasteiger charge is -2.06. The number of nitrogens with zero attached hydrogens (tertiary/aromatic N) is 2. The number of aromatic nitrogens is 1. The normalized spacial score (nSPS) is 10.5. The molecule has 0 N–H and O–H groups in total. The molecule has 0 aromatic carbocycles. The van der Waals surface area contributed by atoms with Crippen LogP contribution in [0.5, 0.6) is 5.75 Å². The molecule has 1 aromatic rings. The van der Waals surface area contributed by atoms with E-state index in [1.165, 1.54) is 0 Å². The van der Waals surface area contributed by atoms with Crippen molar-refractivity contribution in [2.75, 3.05) is 7.11 Å². The van der Waals surface area contributed by atoms with Gasteiger partial charge in [-0.1, -0.05) is 0 Å². The summed E-state index contributed by atoms with van der Waals surface area (Å²) < 4.78 is 29.1. The number of hydrogen-bond acceptors (Lipinski definition) is 4. The summed E-state index contributed by atoms with van der Waals surface area (Å²) in [6, 6.07) is 0.901. The third kappa shape index (κ3) is 2.38. The Kier molecular flexibility index (Phi) is 3.51. The fraction of sp³-hybridized carbons (Fsp3) is 0.286. The molecule has 8 heteroatoms. The van der Waals surface area contributed by atoms with Crippen LogP contribution >= 0.6 is 15.9 Å². The zero-order valence-electron chi connectivity index (χ0n) is 7.41. The van der Waals surface area contributed by atoms with Crippen LogP contribution in [0.15, 0.2) is 10.7 Å². The molecule has 0 saturated heterocycles. The number of nitro groups is 1. The number of alkyl halides is 2. The average molecular weight is 283 g/mol. The summed E-state index contributed by atoms with van der Waals surface area (Å²) in [6.45, 7) is 0. The Balaban J connectivity index is 3.35. The minimum Gasteiger partial charge on any atom is -0.494 e. The van der Waals surface area contributed by atoms with Gasteiger partial charge in [0.05, 0.1) is 18.1 Å². The van der Waals surface area contributed by atoms with Gasteiger partial charge in [-0.15, -0.1) is 0 Å². The van der Waals surface area contributed by atoms with Crippen molar-refractivity contribution < 1.29 is 18.4 Å². The van der Waals surface area contributed by atoms with Gasteiger partial charge in [-0.25, -0.2) is 13.8 Å². The van der Waals surface area contributed by atoms with Crippen molar-refractivity contribution in [3.63, 3.8) is 0 Å². The van der Waals surface area contributed by atoms with E-state index in [4.69, 9.17) is 0 Å². The highest BCUT2D eigenvalue weighted by Crippen LogP contribution is 2.34. The van der Waals surface area contributed by atoms with Crippen LogP contribution in [0.4, 0.5) is 14.5 Å². The molecular formula is C7H5BrF2N2O3. The van der Waals surface area contributed by atoms with Crippen molar-refractivity contribution >= 4 is 21.6 Å². The molecule has 82 valence electrons. The number of pyridine rings is 1. The van der Waals surface area contributed by atoms with Crippen LogP contribution in [0, 0.1) is 10.1 Å². The second kappa shape index (κ2) is 4.47. The van der Waals surface area contributed by atoms with Crippen LogP contribution < -0.4 is 4.74 Å². The van der Waals surface area contributed by atoms with Gasteiger partial charge < -0.3 is 4.74 Å². The molecule has 0 spiro atoms. The average Bonchev–Trinajstić information content (AvgIpc) is 2.16. The van der Waals surface area contributed by atoms with Crippen LogP contribution in [-0.4, -0.2) is 17.0 Å². The van der Waals surface area contributed by atoms with E-state index < -0.39 is 22.7 Å². The monoisotopic (exact) mass is 282 g/mol. The number of rotatable bonds is 3. The predicted molar refractivity (Wildman–Crippen MR) is 50.1 cm³/mol. The molecule has 1 heterocycles. The lowest BCUT2D eigenvalue weighted by Crippen LogP contribution is -2.00. The fourth-order valence-corrected chi connectivity index (χ4v) is 1.37. The third-order valence-electron chi connectivity index (χ3n) is 1.57. The zero-order valence-corrected chi connectivity index (χ0v) is 8.99. The maximum Gasteiger partial charge on any atom is 0.305 e. The zero-order chi connectivity index (χ0) is 11.6. The molecule has 0 aliphatic carbocycles. The summed E-state index contributed by atoms with van der Waals surface area (Å²) in [5.74, 6) is -0.306. The summed E-state index contributed by atoms with van der Waals surface area (Å²) in [6.07, 6.45) is -2.85. The highest BCUT2D eigenvalue weighted by atomic mass is 79.9. The van der Waals surface area contributed by atoms with E-state index in [1.807, 2.05) is 0 Å². The van der Waals surface area contributed by atoms with E-state index in [2.05, 4.69) is 25.7 Å². The highest BCUT2D eigenvalue weighted by Gasteiger charge is 2.23. The first-order chi connectivity index (χ1) is 6.97. The van der Waals surface area contributed by atoms with Crippen molar-refractivity contribution in [1.29, 1.82) is 0 Å². The second-order valence-electron chi connectivity index (χ2n) is 2.44. The van der Waals surface area contributed by atoms with Gasteiger partial charge in [0.25, 0.3) is 6.43 Å². The molecule has 15 heavy (non-hydrogen) atoms. The van der Waals surface area contributed by atoms with Crippen molar-refractivity contribution in [3.05, 3.63) is 26.5 Å². The Hall–Kier alpha value is -1.31. The second-order valence-corrected chi connectivity index (χ2v) is 3.19. The smallest absolute Gasteiger partial charge is 0.305 e. The first kappa shape index (κ1) is 11.8. The molecule has 0 unspecified atom stereocenters. The Morgan fingerprint density at radius 1 is 1.67 bits per heavy atom. The van der Waals surface area contributed by atoms with Crippen molar-refractivity contribution in [1.82, 2.24) is 4.98 Å². The SMILES string of the molecule is COc1cc([N+](=O)[O-])c(Br)nc1C(F)F. The predicted octanol–water partition coefficient (Wildman–Crippen LogP) is 2.70. The van der Waals surface area contributed by atoms with E-state index >= 15 is 0 Å². The molecule has 0 radical (unpaired) electrons. The van der Waals surface area contributed by atoms with Gasteiger partial charge >= 0.3 is 5.69 Å². The molecule has 0 fully saturated rings. The molecule has 1 rings (SSSR count). The van der Waals surface area contributed by atoms with Crippen LogP contribution in [0.3, 0.4) is 0 Å². The van der Waals surface area contributed by atoms with E-state index in [-0.39, 0.29) is 10.4 Å². The van der Waals surface area contributed by atoms with Gasteiger partial charge in [0.15, 0.2) is 10.4 Å². The molecule has 5 nitrogen and oxygen atoms in total. The summed E-state index contributed by atoms with van der Waals surface area (Å²) in [4.78, 5) is 13.1. The van der Waals surface area contributed by atoms with E-state index in [0.717, 1.165) is 13.2 Å². The lowest BCUT2D eigenvalue weighted by molar-refractivity contribution is -0.386. The van der Waals surface area contributed by atoms with Crippen molar-refractivity contribution in [2.24, 2.45) is 0 Å². The Labute approximate surface area is 91.3 Å². The maximum absolute atomic E-state index is 12.4. The first-order valence-corrected chi connectivity index (χ1v) is 4.43. The topological polar surface area (TPSA) is 65.3 Å². The minimum absolute atomic E-state index is 0.247. The van der Waals surface area contributed by atoms with Gasteiger partial charge in [0.1, 0.15) is 5.69 Å². The maximum atomic E-state index is 12.4. The fourth-order valence-electron chi connectivity index (χ4n) is 0.924. The molecule has 1 aromatic heterocycles. The van der Waals surface area contributed by atoms with E-state index in [1.54, 1.807) is 0 Å². The summed E-state index contributed by atoms with van der Waals surface area (Å²) in [5.41, 5.74) is -1.05. The first-order valence-electron chi connectivity index (χ1n) is 3.64. The molecular weight excluding hydrogens is 278 g/mol. The van der Waals surface area contributed by atoms with Crippen LogP contribution in [0.25, 0.3) is 0 Å². The van der Waals surface area contributed by atoms with Gasteiger partial charge in [-0.3, -0.25) is 10.1 Å². The van der Waals surface area contributed by atoms with E-state index in [0.29, 0.717) is 0 Å². The van der Waals surface area contributed by atoms with Gasteiger partial charge in [0, 0.05) is 0 Å². The quantitative estimate of drug-likeness (QED) is 0.486. The Bertz CT molecular complexity index is 400. The highest BCUT2D eigenvalue weighted by molar-refractivity contribution is 9.10. The largest absolute Gasteiger partial charge is 0.494 e. The van der Waals surface area contributed by atoms with Gasteiger partial charge in [-0.05, 0) is 15.9 Å². The molecule has 0 saturated carbocycles. The van der Waals surface area contributed by atoms with Crippen molar-refractivity contribution in [2.45, 2.75) is 6.43 Å². The number of halogens is 3. The summed E-state index contributed by atoms with van der Waals surface area (Å²) in [7, 11) is 1.14. The molecule has 0 aliphatic rings. The molecule has 0 amide bonds. The number of hydrogen-bond donors (Lipinski definition) is 0. The molecule has 0 atom stereocenters. The van der Waals surface area contributed by atoms with E-state index in [9.17, 15) is 18.9 Å². The Morgan fingerprint density at radius 2 is 2.27 bits per heavy atom. The van der Waals surface area contributed by atoms with Gasteiger partial charge in [-0.2, -0.15) is 0 Å². The Morgan fingerprint density at radius 3 is 2.67 bits per heavy atom. The molecule has 0 aliphatic heterocycles. The van der Waals surface area contributed by atoms with Crippen LogP contribution in [-0.2, 0) is 0 Å². The number of ether oxygens (including phenoxy) is 1. The number of methoxy groups -OCH3 is 1. The van der Waals surface area contributed by atoms with Gasteiger partial charge in [0.2, 0.25) is 0 Å². The summed E-state index contributed by atoms with van der Waals surface area (Å²) >= 11 is 2.74. The lowest BCUT2D eigenvalue weighted by atomic mass is 10.3. The molecule has 0 bridgehead atoms.